The Morgan fingerprint density at radius 2 is 1.24 bits per heavy atom. The third-order valence-corrected chi connectivity index (χ3v) is 5.15. The Labute approximate surface area is 135 Å². The van der Waals surface area contributed by atoms with E-state index in [9.17, 15) is 4.79 Å². The van der Waals surface area contributed by atoms with Crippen LogP contribution in [0.3, 0.4) is 0 Å². The molecule has 1 nitrogen and oxygen atoms in total. The molecule has 0 saturated heterocycles. The Hall–Kier alpha value is -1.31. The topological polar surface area (TPSA) is 17.1 Å². The molecule has 0 amide bonds. The molecule has 0 bridgehead atoms. The first-order valence-corrected chi connectivity index (χ1v) is 7.58. The highest BCUT2D eigenvalue weighted by atomic mass is 35.5. The van der Waals surface area contributed by atoms with Gasteiger partial charge in [0, 0.05) is 11.1 Å². The Morgan fingerprint density at radius 1 is 0.762 bits per heavy atom. The van der Waals surface area contributed by atoms with Crippen molar-refractivity contribution in [3.05, 3.63) is 67.2 Å². The lowest BCUT2D eigenvalue weighted by Gasteiger charge is -2.18. The lowest BCUT2D eigenvalue weighted by molar-refractivity contribution is 0.103. The molecular formula is C18H18Cl2O. The summed E-state index contributed by atoms with van der Waals surface area (Å²) in [6.07, 6.45) is 0. The minimum Gasteiger partial charge on any atom is -0.289 e. The Kier molecular flexibility index (Phi) is 4.46. The molecule has 110 valence electrons. The maximum atomic E-state index is 12.9. The number of carbonyl (C=O) groups excluding carboxylic acids is 1. The predicted molar refractivity (Wildman–Crippen MR) is 90.0 cm³/mol. The van der Waals surface area contributed by atoms with Gasteiger partial charge in [-0.05, 0) is 80.6 Å². The summed E-state index contributed by atoms with van der Waals surface area (Å²) >= 11 is 12.0. The van der Waals surface area contributed by atoms with E-state index in [2.05, 4.69) is 20.8 Å². The first kappa shape index (κ1) is 16.1. The lowest BCUT2D eigenvalue weighted by Crippen LogP contribution is -2.10. The van der Waals surface area contributed by atoms with Crippen molar-refractivity contribution in [3.63, 3.8) is 0 Å². The molecule has 0 atom stereocenters. The van der Waals surface area contributed by atoms with E-state index in [1.165, 1.54) is 16.7 Å². The highest BCUT2D eigenvalue weighted by Gasteiger charge is 2.19. The molecule has 2 rings (SSSR count). The first-order valence-electron chi connectivity index (χ1n) is 6.82. The predicted octanol–water partition coefficient (Wildman–Crippen LogP) is 5.77. The quantitative estimate of drug-likeness (QED) is 0.642. The first-order chi connectivity index (χ1) is 9.75. The summed E-state index contributed by atoms with van der Waals surface area (Å²) in [5.41, 5.74) is 6.99. The summed E-state index contributed by atoms with van der Waals surface area (Å²) in [5.74, 6) is -0.00485. The fourth-order valence-corrected chi connectivity index (χ4v) is 2.92. The van der Waals surface area contributed by atoms with Gasteiger partial charge in [0.25, 0.3) is 0 Å². The van der Waals surface area contributed by atoms with E-state index in [4.69, 9.17) is 23.2 Å². The summed E-state index contributed by atoms with van der Waals surface area (Å²) in [4.78, 5) is 12.9. The van der Waals surface area contributed by atoms with Gasteiger partial charge in [-0.3, -0.25) is 4.79 Å². The third kappa shape index (κ3) is 2.73. The van der Waals surface area contributed by atoms with Crippen molar-refractivity contribution in [1.29, 1.82) is 0 Å². The number of halogens is 2. The second-order valence-corrected chi connectivity index (χ2v) is 6.27. The van der Waals surface area contributed by atoms with Crippen molar-refractivity contribution in [2.75, 3.05) is 0 Å². The van der Waals surface area contributed by atoms with Crippen LogP contribution in [0, 0.1) is 34.6 Å². The summed E-state index contributed by atoms with van der Waals surface area (Å²) < 4.78 is 0. The van der Waals surface area contributed by atoms with Gasteiger partial charge < -0.3 is 0 Å². The lowest BCUT2D eigenvalue weighted by atomic mass is 9.86. The Balaban J connectivity index is 2.66. The van der Waals surface area contributed by atoms with Gasteiger partial charge in [-0.1, -0.05) is 23.2 Å². The van der Waals surface area contributed by atoms with Crippen LogP contribution in [0.25, 0.3) is 0 Å². The molecule has 0 spiro atoms. The summed E-state index contributed by atoms with van der Waals surface area (Å²) in [5, 5.41) is 0.858. The summed E-state index contributed by atoms with van der Waals surface area (Å²) in [6.45, 7) is 10.2. The van der Waals surface area contributed by atoms with Crippen LogP contribution in [-0.2, 0) is 0 Å². The Bertz CT molecular complexity index is 716. The standard InChI is InChI=1S/C18H18Cl2O/c1-9-10(2)12(4)17(13(5)11(9)3)18(21)14-6-7-15(19)16(20)8-14/h6-8H,1-5H3. The van der Waals surface area contributed by atoms with E-state index in [0.29, 0.717) is 15.6 Å². The van der Waals surface area contributed by atoms with Crippen LogP contribution in [0.15, 0.2) is 18.2 Å². The van der Waals surface area contributed by atoms with E-state index < -0.39 is 0 Å². The van der Waals surface area contributed by atoms with E-state index in [-0.39, 0.29) is 5.78 Å². The van der Waals surface area contributed by atoms with E-state index >= 15 is 0 Å². The second-order valence-electron chi connectivity index (χ2n) is 5.46. The van der Waals surface area contributed by atoms with Gasteiger partial charge in [0.2, 0.25) is 0 Å². The van der Waals surface area contributed by atoms with Crippen molar-refractivity contribution >= 4 is 29.0 Å². The van der Waals surface area contributed by atoms with E-state index in [0.717, 1.165) is 16.7 Å². The normalized spacial score (nSPS) is 10.8. The minimum atomic E-state index is -0.00485. The van der Waals surface area contributed by atoms with Crippen LogP contribution in [0.5, 0.6) is 0 Å². The third-order valence-electron chi connectivity index (χ3n) is 4.41. The minimum absolute atomic E-state index is 0.00485. The van der Waals surface area contributed by atoms with Crippen LogP contribution in [0.1, 0.15) is 43.7 Å². The molecular weight excluding hydrogens is 303 g/mol. The van der Waals surface area contributed by atoms with Crippen LogP contribution in [0.4, 0.5) is 0 Å². The number of benzene rings is 2. The summed E-state index contributed by atoms with van der Waals surface area (Å²) in [6, 6.07) is 5.02. The van der Waals surface area contributed by atoms with E-state index in [1.54, 1.807) is 18.2 Å². The number of rotatable bonds is 2. The number of hydrogen-bond acceptors (Lipinski definition) is 1. The SMILES string of the molecule is Cc1c(C)c(C)c(C(=O)c2ccc(Cl)c(Cl)c2)c(C)c1C. The molecule has 2 aromatic carbocycles. The molecule has 0 aliphatic carbocycles. The highest BCUT2D eigenvalue weighted by molar-refractivity contribution is 6.42. The molecule has 0 aliphatic heterocycles. The fourth-order valence-electron chi connectivity index (χ4n) is 2.62. The van der Waals surface area contributed by atoms with E-state index in [1.807, 2.05) is 13.8 Å². The van der Waals surface area contributed by atoms with Gasteiger partial charge in [-0.25, -0.2) is 0 Å². The smallest absolute Gasteiger partial charge is 0.193 e. The number of ketones is 1. The molecule has 21 heavy (non-hydrogen) atoms. The molecule has 0 heterocycles. The summed E-state index contributed by atoms with van der Waals surface area (Å²) in [7, 11) is 0. The monoisotopic (exact) mass is 320 g/mol. The zero-order chi connectivity index (χ0) is 15.9. The average molecular weight is 321 g/mol. The fraction of sp³-hybridized carbons (Fsp3) is 0.278. The van der Waals surface area contributed by atoms with Crippen molar-refractivity contribution in [2.45, 2.75) is 34.6 Å². The van der Waals surface area contributed by atoms with Gasteiger partial charge in [0.05, 0.1) is 10.0 Å². The molecule has 0 unspecified atom stereocenters. The molecule has 0 fully saturated rings. The van der Waals surface area contributed by atoms with Crippen molar-refractivity contribution in [3.8, 4) is 0 Å². The van der Waals surface area contributed by atoms with Gasteiger partial charge >= 0.3 is 0 Å². The molecule has 2 aromatic rings. The largest absolute Gasteiger partial charge is 0.289 e. The second kappa shape index (κ2) is 5.82. The highest BCUT2D eigenvalue weighted by Crippen LogP contribution is 2.29. The van der Waals surface area contributed by atoms with Gasteiger partial charge in [0.15, 0.2) is 5.78 Å². The molecule has 0 saturated carbocycles. The van der Waals surface area contributed by atoms with Crippen molar-refractivity contribution in [2.24, 2.45) is 0 Å². The molecule has 3 heteroatoms. The van der Waals surface area contributed by atoms with Crippen LogP contribution in [0.2, 0.25) is 10.0 Å². The van der Waals surface area contributed by atoms with Crippen LogP contribution >= 0.6 is 23.2 Å². The van der Waals surface area contributed by atoms with Crippen molar-refractivity contribution < 1.29 is 4.79 Å². The maximum Gasteiger partial charge on any atom is 0.193 e. The molecule has 0 radical (unpaired) electrons. The molecule has 0 aliphatic rings. The van der Waals surface area contributed by atoms with Gasteiger partial charge in [-0.15, -0.1) is 0 Å². The number of carbonyl (C=O) groups is 1. The average Bonchev–Trinajstić information content (AvgIpc) is 2.46. The van der Waals surface area contributed by atoms with Crippen molar-refractivity contribution in [1.82, 2.24) is 0 Å². The Morgan fingerprint density at radius 3 is 1.71 bits per heavy atom. The van der Waals surface area contributed by atoms with Crippen LogP contribution < -0.4 is 0 Å². The maximum absolute atomic E-state index is 12.9. The number of hydrogen-bond donors (Lipinski definition) is 0. The van der Waals surface area contributed by atoms with Crippen LogP contribution in [-0.4, -0.2) is 5.78 Å². The molecule has 0 aromatic heterocycles. The van der Waals surface area contributed by atoms with Gasteiger partial charge in [0.1, 0.15) is 0 Å². The zero-order valence-electron chi connectivity index (χ0n) is 12.9. The van der Waals surface area contributed by atoms with Gasteiger partial charge in [-0.2, -0.15) is 0 Å². The zero-order valence-corrected chi connectivity index (χ0v) is 14.4. The molecule has 0 N–H and O–H groups in total.